The molecule has 4 rings (SSSR count). The number of carboxylic acids is 1. The number of hydrogen-bond donors (Lipinski definition) is 4. The van der Waals surface area contributed by atoms with Crippen molar-refractivity contribution < 1.29 is 33.8 Å². The number of carbonyl (C=O) groups excluding carboxylic acids is 3. The van der Waals surface area contributed by atoms with E-state index in [9.17, 15) is 19.2 Å². The lowest BCUT2D eigenvalue weighted by atomic mass is 9.98. The van der Waals surface area contributed by atoms with E-state index in [1.54, 1.807) is 0 Å². The summed E-state index contributed by atoms with van der Waals surface area (Å²) >= 11 is 0. The second-order valence-electron chi connectivity index (χ2n) is 8.43. The number of nitrogens with one attached hydrogen (secondary N) is 3. The molecule has 4 N–H and O–H groups in total. The van der Waals surface area contributed by atoms with E-state index in [-0.39, 0.29) is 31.5 Å². The van der Waals surface area contributed by atoms with Gasteiger partial charge in [-0.1, -0.05) is 48.5 Å². The molecule has 2 aromatic rings. The van der Waals surface area contributed by atoms with E-state index in [4.69, 9.17) is 14.6 Å². The maximum absolute atomic E-state index is 12.4. The number of fused-ring (bicyclic) bond motifs is 3. The van der Waals surface area contributed by atoms with Crippen LogP contribution in [0.2, 0.25) is 0 Å². The zero-order chi connectivity index (χ0) is 24.8. The fourth-order valence-electron chi connectivity index (χ4n) is 4.50. The summed E-state index contributed by atoms with van der Waals surface area (Å²) in [5.74, 6) is -2.62. The van der Waals surface area contributed by atoms with Gasteiger partial charge >= 0.3 is 12.1 Å². The molecule has 0 saturated carbocycles. The second-order valence-corrected chi connectivity index (χ2v) is 8.43. The van der Waals surface area contributed by atoms with Crippen molar-refractivity contribution in [1.82, 2.24) is 16.0 Å². The summed E-state index contributed by atoms with van der Waals surface area (Å²) in [5, 5.41) is 15.9. The van der Waals surface area contributed by atoms with E-state index in [0.29, 0.717) is 13.0 Å². The highest BCUT2D eigenvalue weighted by Crippen LogP contribution is 2.44. The fourth-order valence-corrected chi connectivity index (χ4v) is 4.50. The van der Waals surface area contributed by atoms with Crippen LogP contribution in [0.4, 0.5) is 4.79 Å². The third-order valence-electron chi connectivity index (χ3n) is 6.18. The molecule has 1 fully saturated rings. The van der Waals surface area contributed by atoms with Crippen molar-refractivity contribution in [3.05, 3.63) is 59.7 Å². The normalized spacial score (nSPS) is 18.3. The highest BCUT2D eigenvalue weighted by molar-refractivity contribution is 5.88. The first-order valence-corrected chi connectivity index (χ1v) is 11.4. The average molecular weight is 482 g/mol. The molecule has 1 saturated heterocycles. The summed E-state index contributed by atoms with van der Waals surface area (Å²) in [6, 6.07) is 16.1. The van der Waals surface area contributed by atoms with Gasteiger partial charge in [-0.2, -0.15) is 0 Å². The van der Waals surface area contributed by atoms with Gasteiger partial charge in [0, 0.05) is 25.0 Å². The van der Waals surface area contributed by atoms with E-state index in [1.807, 2.05) is 36.4 Å². The predicted octanol–water partition coefficient (Wildman–Crippen LogP) is 1.25. The van der Waals surface area contributed by atoms with Crippen molar-refractivity contribution in [3.63, 3.8) is 0 Å². The zero-order valence-electron chi connectivity index (χ0n) is 19.0. The molecule has 3 amide bonds. The Morgan fingerprint density at radius 1 is 0.914 bits per heavy atom. The number of amides is 3. The highest BCUT2D eigenvalue weighted by atomic mass is 16.5. The first kappa shape index (κ1) is 24.2. The molecule has 2 aromatic carbocycles. The quantitative estimate of drug-likeness (QED) is 0.422. The van der Waals surface area contributed by atoms with Crippen LogP contribution in [-0.4, -0.2) is 67.9 Å². The summed E-state index contributed by atoms with van der Waals surface area (Å²) in [7, 11) is 0. The van der Waals surface area contributed by atoms with Crippen molar-refractivity contribution >= 4 is 23.9 Å². The molecule has 2 atom stereocenters. The van der Waals surface area contributed by atoms with Gasteiger partial charge in [-0.25, -0.2) is 4.79 Å². The molecule has 10 nitrogen and oxygen atoms in total. The third-order valence-corrected chi connectivity index (χ3v) is 6.18. The second kappa shape index (κ2) is 11.0. The van der Waals surface area contributed by atoms with Crippen LogP contribution in [0.25, 0.3) is 11.1 Å². The maximum atomic E-state index is 12.4. The van der Waals surface area contributed by atoms with Gasteiger partial charge in [0.1, 0.15) is 19.3 Å². The third kappa shape index (κ3) is 5.78. The molecule has 10 heteroatoms. The molecule has 0 bridgehead atoms. The van der Waals surface area contributed by atoms with Crippen LogP contribution in [0.1, 0.15) is 23.5 Å². The highest BCUT2D eigenvalue weighted by Gasteiger charge is 2.35. The number of carboxylic acid groups (broad SMARTS) is 1. The Morgan fingerprint density at radius 3 is 2.23 bits per heavy atom. The Balaban J connectivity index is 1.25. The zero-order valence-corrected chi connectivity index (χ0v) is 19.0. The van der Waals surface area contributed by atoms with E-state index in [2.05, 4.69) is 28.1 Å². The molecular formula is C25H27N3O7. The lowest BCUT2D eigenvalue weighted by molar-refractivity contribution is -0.138. The summed E-state index contributed by atoms with van der Waals surface area (Å²) in [6.07, 6.45) is -0.838. The van der Waals surface area contributed by atoms with Crippen LogP contribution < -0.4 is 16.0 Å². The monoisotopic (exact) mass is 481 g/mol. The topological polar surface area (TPSA) is 143 Å². The molecule has 0 spiro atoms. The molecular weight excluding hydrogens is 454 g/mol. The molecule has 0 radical (unpaired) electrons. The lowest BCUT2D eigenvalue weighted by Gasteiger charge is -2.19. The Bertz CT molecular complexity index is 1070. The molecule has 2 aliphatic rings. The SMILES string of the molecule is O=C(O)CNC(=O)CNC(=O)[C@H]1OCC[C@H]1CNC(=O)OCC1c2ccccc2-c2ccccc21. The van der Waals surface area contributed by atoms with E-state index < -0.39 is 36.5 Å². The lowest BCUT2D eigenvalue weighted by Crippen LogP contribution is -2.46. The molecule has 1 aliphatic heterocycles. The largest absolute Gasteiger partial charge is 0.480 e. The van der Waals surface area contributed by atoms with Gasteiger partial charge in [-0.15, -0.1) is 0 Å². The Kier molecular flexibility index (Phi) is 7.61. The number of aliphatic carboxylic acids is 1. The Morgan fingerprint density at radius 2 is 1.57 bits per heavy atom. The van der Waals surface area contributed by atoms with Crippen LogP contribution in [-0.2, 0) is 23.9 Å². The van der Waals surface area contributed by atoms with Gasteiger partial charge in [0.2, 0.25) is 11.8 Å². The van der Waals surface area contributed by atoms with Crippen molar-refractivity contribution in [3.8, 4) is 11.1 Å². The number of ether oxygens (including phenoxy) is 2. The minimum Gasteiger partial charge on any atom is -0.480 e. The molecule has 184 valence electrons. The molecule has 35 heavy (non-hydrogen) atoms. The minimum absolute atomic E-state index is 0.0474. The first-order valence-electron chi connectivity index (χ1n) is 11.4. The standard InChI is InChI=1S/C25H27N3O7/c29-21(26-13-22(30)31)12-27-24(32)23-15(9-10-34-23)11-28-25(33)35-14-20-18-7-3-1-5-16(18)17-6-2-4-8-19(17)20/h1-8,15,20,23H,9-14H2,(H,26,29)(H,27,32)(H,28,33)(H,30,31)/t15-,23-/m0/s1. The Labute approximate surface area is 202 Å². The molecule has 0 aromatic heterocycles. The average Bonchev–Trinajstić information content (AvgIpc) is 3.46. The number of hydrogen-bond acceptors (Lipinski definition) is 6. The van der Waals surface area contributed by atoms with Gasteiger partial charge in [0.05, 0.1) is 6.54 Å². The van der Waals surface area contributed by atoms with E-state index >= 15 is 0 Å². The van der Waals surface area contributed by atoms with Gasteiger partial charge in [0.25, 0.3) is 0 Å². The van der Waals surface area contributed by atoms with Crippen molar-refractivity contribution in [2.75, 3.05) is 32.8 Å². The van der Waals surface area contributed by atoms with Gasteiger partial charge < -0.3 is 30.5 Å². The summed E-state index contributed by atoms with van der Waals surface area (Å²) in [4.78, 5) is 46.9. The van der Waals surface area contributed by atoms with Crippen LogP contribution in [0.15, 0.2) is 48.5 Å². The van der Waals surface area contributed by atoms with E-state index in [0.717, 1.165) is 22.3 Å². The van der Waals surface area contributed by atoms with Gasteiger partial charge in [-0.05, 0) is 28.7 Å². The van der Waals surface area contributed by atoms with Gasteiger partial charge in [-0.3, -0.25) is 14.4 Å². The number of carbonyl (C=O) groups is 4. The van der Waals surface area contributed by atoms with Crippen molar-refractivity contribution in [2.45, 2.75) is 18.4 Å². The summed E-state index contributed by atoms with van der Waals surface area (Å²) in [6.45, 7) is -0.170. The van der Waals surface area contributed by atoms with Crippen molar-refractivity contribution in [1.29, 1.82) is 0 Å². The van der Waals surface area contributed by atoms with Gasteiger partial charge in [0.15, 0.2) is 0 Å². The maximum Gasteiger partial charge on any atom is 0.407 e. The summed E-state index contributed by atoms with van der Waals surface area (Å²) < 4.78 is 11.0. The first-order chi connectivity index (χ1) is 16.9. The van der Waals surface area contributed by atoms with Crippen molar-refractivity contribution in [2.24, 2.45) is 5.92 Å². The summed E-state index contributed by atoms with van der Waals surface area (Å²) in [5.41, 5.74) is 4.53. The molecule has 0 unspecified atom stereocenters. The Hall–Kier alpha value is -3.92. The van der Waals surface area contributed by atoms with Crippen LogP contribution in [0.5, 0.6) is 0 Å². The number of rotatable bonds is 9. The van der Waals surface area contributed by atoms with Crippen LogP contribution in [0.3, 0.4) is 0 Å². The van der Waals surface area contributed by atoms with E-state index in [1.165, 1.54) is 0 Å². The number of alkyl carbamates (subject to hydrolysis) is 1. The minimum atomic E-state index is -1.18. The fraction of sp³-hybridized carbons (Fsp3) is 0.360. The molecule has 1 aliphatic carbocycles. The van der Waals surface area contributed by atoms with Crippen LogP contribution in [0, 0.1) is 5.92 Å². The predicted molar refractivity (Wildman–Crippen MR) is 125 cm³/mol. The van der Waals surface area contributed by atoms with Crippen LogP contribution >= 0.6 is 0 Å². The smallest absolute Gasteiger partial charge is 0.407 e. The number of benzene rings is 2. The molecule has 1 heterocycles.